The van der Waals surface area contributed by atoms with E-state index in [9.17, 15) is 23.5 Å². The number of nitrogens with one attached hydrogen (secondary N) is 1. The molecule has 5 rings (SSSR count). The van der Waals surface area contributed by atoms with Gasteiger partial charge in [-0.1, -0.05) is 46.9 Å². The molecule has 0 saturated heterocycles. The Labute approximate surface area is 294 Å². The second-order valence-corrected chi connectivity index (χ2v) is 12.2. The fourth-order valence-corrected chi connectivity index (χ4v) is 5.87. The van der Waals surface area contributed by atoms with Gasteiger partial charge in [0.25, 0.3) is 5.91 Å². The highest BCUT2D eigenvalue weighted by molar-refractivity contribution is 6.43. The summed E-state index contributed by atoms with van der Waals surface area (Å²) in [6.07, 6.45) is -0.358. The zero-order valence-electron chi connectivity index (χ0n) is 26.3. The third-order valence-corrected chi connectivity index (χ3v) is 8.98. The van der Waals surface area contributed by atoms with Crippen molar-refractivity contribution in [3.8, 4) is 22.8 Å². The topological polar surface area (TPSA) is 137 Å². The number of ether oxygens (including phenoxy) is 2. The first-order valence-corrected chi connectivity index (χ1v) is 15.9. The van der Waals surface area contributed by atoms with Crippen LogP contribution in [0.5, 0.6) is 11.5 Å². The number of carbonyl (C=O) groups excluding carboxylic acids is 2. The van der Waals surface area contributed by atoms with Crippen molar-refractivity contribution in [2.45, 2.75) is 25.9 Å². The first-order valence-electron chi connectivity index (χ1n) is 14.8. The van der Waals surface area contributed by atoms with Crippen molar-refractivity contribution in [2.24, 2.45) is 5.73 Å². The van der Waals surface area contributed by atoms with E-state index >= 15 is 0 Å². The maximum atomic E-state index is 14.3. The van der Waals surface area contributed by atoms with Crippen LogP contribution in [0.25, 0.3) is 22.2 Å². The zero-order valence-corrected chi connectivity index (χ0v) is 28.6. The van der Waals surface area contributed by atoms with E-state index in [1.807, 2.05) is 0 Å². The largest absolute Gasteiger partial charge is 0.494 e. The smallest absolute Gasteiger partial charge is 0.251 e. The Morgan fingerprint density at radius 1 is 1.00 bits per heavy atom. The zero-order chi connectivity index (χ0) is 35.6. The summed E-state index contributed by atoms with van der Waals surface area (Å²) >= 11 is 18.9. The van der Waals surface area contributed by atoms with Crippen LogP contribution in [0.15, 0.2) is 60.7 Å². The predicted molar refractivity (Wildman–Crippen MR) is 183 cm³/mol. The van der Waals surface area contributed by atoms with E-state index in [-0.39, 0.29) is 62.5 Å². The summed E-state index contributed by atoms with van der Waals surface area (Å²) in [6, 6.07) is 13.4. The lowest BCUT2D eigenvalue weighted by Crippen LogP contribution is -2.42. The maximum Gasteiger partial charge on any atom is 0.251 e. The first kappa shape index (κ1) is 35.7. The third-order valence-electron chi connectivity index (χ3n) is 7.74. The highest BCUT2D eigenvalue weighted by Gasteiger charge is 2.36. The lowest BCUT2D eigenvalue weighted by Gasteiger charge is -2.30. The van der Waals surface area contributed by atoms with Crippen molar-refractivity contribution in [1.82, 2.24) is 15.3 Å². The van der Waals surface area contributed by atoms with Gasteiger partial charge in [-0.25, -0.2) is 18.7 Å². The van der Waals surface area contributed by atoms with Crippen LogP contribution in [0.1, 0.15) is 39.8 Å². The summed E-state index contributed by atoms with van der Waals surface area (Å²) in [4.78, 5) is 35.1. The number of carbonyl (C=O) groups is 2. The Kier molecular flexibility index (Phi) is 10.6. The van der Waals surface area contributed by atoms with E-state index in [2.05, 4.69) is 15.3 Å². The molecule has 0 aliphatic heterocycles. The molecule has 3 aromatic carbocycles. The number of nitrogens with zero attached hydrogens (tertiary/aromatic N) is 2. The van der Waals surface area contributed by atoms with Crippen LogP contribution in [0.2, 0.25) is 15.1 Å². The maximum absolute atomic E-state index is 14.3. The van der Waals surface area contributed by atoms with Gasteiger partial charge in [-0.3, -0.25) is 9.59 Å². The molecule has 4 N–H and O–H groups in total. The van der Waals surface area contributed by atoms with Gasteiger partial charge in [0.2, 0.25) is 5.91 Å². The molecule has 2 aromatic heterocycles. The molecule has 49 heavy (non-hydrogen) atoms. The standard InChI is InChI=1S/C35H29Cl3F2N4O5/c1-4-49-33-19(15-28(41)45)14-27(44-32(33)23-9-10-25(40)30(38)29(23)37)35(47,21-5-7-22(39)8-6-21)16-42-34(46)20-11-18-12-24(36)17(2)43-31(18)26(13-20)48-3/h5-14,47H,4,15-16H2,1-3H3,(H2,41,45)(H,42,46)/t35-/m1/s1. The summed E-state index contributed by atoms with van der Waals surface area (Å²) < 4.78 is 39.8. The molecule has 254 valence electrons. The molecule has 0 fully saturated rings. The molecule has 1 atom stereocenters. The van der Waals surface area contributed by atoms with Gasteiger partial charge in [-0.15, -0.1) is 0 Å². The number of amides is 2. The highest BCUT2D eigenvalue weighted by Crippen LogP contribution is 2.42. The first-order chi connectivity index (χ1) is 23.3. The molecule has 9 nitrogen and oxygen atoms in total. The lowest BCUT2D eigenvalue weighted by atomic mass is 9.87. The van der Waals surface area contributed by atoms with Gasteiger partial charge in [0.05, 0.1) is 53.1 Å². The Hall–Kier alpha value is -4.55. The van der Waals surface area contributed by atoms with Gasteiger partial charge in [-0.05, 0) is 67.9 Å². The van der Waals surface area contributed by atoms with Gasteiger partial charge in [-0.2, -0.15) is 0 Å². The molecular formula is C35H29Cl3F2N4O5. The van der Waals surface area contributed by atoms with E-state index in [1.165, 1.54) is 37.4 Å². The Morgan fingerprint density at radius 2 is 1.71 bits per heavy atom. The number of hydrogen-bond donors (Lipinski definition) is 3. The molecule has 0 unspecified atom stereocenters. The summed E-state index contributed by atoms with van der Waals surface area (Å²) in [5.41, 5.74) is 5.03. The van der Waals surface area contributed by atoms with Crippen molar-refractivity contribution in [3.63, 3.8) is 0 Å². The number of halogens is 5. The van der Waals surface area contributed by atoms with Gasteiger partial charge >= 0.3 is 0 Å². The molecule has 5 aromatic rings. The van der Waals surface area contributed by atoms with Crippen LogP contribution in [-0.2, 0) is 16.8 Å². The Balaban J connectivity index is 1.67. The van der Waals surface area contributed by atoms with Crippen LogP contribution >= 0.6 is 34.8 Å². The number of nitrogens with two attached hydrogens (primary N) is 1. The molecule has 14 heteroatoms. The number of aryl methyl sites for hydroxylation is 1. The fraction of sp³-hybridized carbons (Fsp3) is 0.200. The number of primary amides is 1. The summed E-state index contributed by atoms with van der Waals surface area (Å²) in [7, 11) is 1.44. The van der Waals surface area contributed by atoms with Crippen LogP contribution in [0.4, 0.5) is 8.78 Å². The van der Waals surface area contributed by atoms with Crippen molar-refractivity contribution in [1.29, 1.82) is 0 Å². The van der Waals surface area contributed by atoms with Crippen molar-refractivity contribution in [3.05, 3.63) is 115 Å². The van der Waals surface area contributed by atoms with Crippen LogP contribution < -0.4 is 20.5 Å². The second kappa shape index (κ2) is 14.5. The number of methoxy groups -OCH3 is 1. The predicted octanol–water partition coefficient (Wildman–Crippen LogP) is 6.94. The minimum atomic E-state index is -2.16. The molecule has 2 amide bonds. The average molecular weight is 730 g/mol. The number of pyridine rings is 2. The number of benzene rings is 3. The van der Waals surface area contributed by atoms with Gasteiger partial charge in [0.15, 0.2) is 0 Å². The number of fused-ring (bicyclic) bond motifs is 1. The summed E-state index contributed by atoms with van der Waals surface area (Å²) in [5.74, 6) is -2.31. The van der Waals surface area contributed by atoms with E-state index in [4.69, 9.17) is 50.0 Å². The Morgan fingerprint density at radius 3 is 2.37 bits per heavy atom. The number of aliphatic hydroxyl groups is 1. The molecule has 0 bridgehead atoms. The molecule has 0 aliphatic carbocycles. The van der Waals surface area contributed by atoms with Crippen LogP contribution in [0, 0.1) is 18.6 Å². The minimum Gasteiger partial charge on any atom is -0.494 e. The normalized spacial score (nSPS) is 12.4. The van der Waals surface area contributed by atoms with Gasteiger partial charge in [0, 0.05) is 22.1 Å². The van der Waals surface area contributed by atoms with E-state index in [0.29, 0.717) is 27.4 Å². The van der Waals surface area contributed by atoms with E-state index in [1.54, 1.807) is 26.0 Å². The minimum absolute atomic E-state index is 0.00769. The van der Waals surface area contributed by atoms with Crippen molar-refractivity contribution < 1.29 is 33.0 Å². The number of rotatable bonds is 11. The van der Waals surface area contributed by atoms with Crippen LogP contribution in [0.3, 0.4) is 0 Å². The number of hydrogen-bond acceptors (Lipinski definition) is 7. The van der Waals surface area contributed by atoms with E-state index < -0.39 is 35.6 Å². The molecule has 2 heterocycles. The molecular weight excluding hydrogens is 701 g/mol. The van der Waals surface area contributed by atoms with Gasteiger partial charge in [0.1, 0.15) is 39.9 Å². The summed E-state index contributed by atoms with van der Waals surface area (Å²) in [5, 5.41) is 15.5. The van der Waals surface area contributed by atoms with Gasteiger partial charge < -0.3 is 25.6 Å². The van der Waals surface area contributed by atoms with E-state index in [0.717, 1.165) is 18.2 Å². The number of aromatic nitrogens is 2. The molecule has 0 spiro atoms. The second-order valence-electron chi connectivity index (χ2n) is 11.0. The average Bonchev–Trinajstić information content (AvgIpc) is 3.07. The Bertz CT molecular complexity index is 2100. The quantitative estimate of drug-likeness (QED) is 0.125. The van der Waals surface area contributed by atoms with Crippen molar-refractivity contribution in [2.75, 3.05) is 20.3 Å². The highest BCUT2D eigenvalue weighted by atomic mass is 35.5. The van der Waals surface area contributed by atoms with Crippen molar-refractivity contribution >= 4 is 57.5 Å². The molecule has 0 aliphatic rings. The monoisotopic (exact) mass is 728 g/mol. The lowest BCUT2D eigenvalue weighted by molar-refractivity contribution is -0.117. The molecule has 0 saturated carbocycles. The summed E-state index contributed by atoms with van der Waals surface area (Å²) in [6.45, 7) is 3.06. The third kappa shape index (κ3) is 7.25. The SMILES string of the molecule is CCOc1c(CC(N)=O)cc([C@@](O)(CNC(=O)c2cc(OC)c3nc(C)c(Cl)cc3c2)c2ccc(F)cc2)nc1-c1ccc(F)c(Cl)c1Cl. The molecule has 0 radical (unpaired) electrons. The fourth-order valence-electron chi connectivity index (χ4n) is 5.30. The van der Waals surface area contributed by atoms with Crippen LogP contribution in [-0.4, -0.2) is 47.2 Å².